The Morgan fingerprint density at radius 3 is 2.84 bits per heavy atom. The highest BCUT2D eigenvalue weighted by Gasteiger charge is 2.28. The zero-order chi connectivity index (χ0) is 13.8. The van der Waals surface area contributed by atoms with E-state index in [2.05, 4.69) is 37.8 Å². The number of halogens is 1. The van der Waals surface area contributed by atoms with Crippen molar-refractivity contribution < 1.29 is 0 Å². The van der Waals surface area contributed by atoms with E-state index in [1.54, 1.807) is 0 Å². The molecule has 0 amide bonds. The van der Waals surface area contributed by atoms with Crippen LogP contribution in [0.2, 0.25) is 0 Å². The first kappa shape index (κ1) is 14.6. The number of rotatable bonds is 5. The lowest BCUT2D eigenvalue weighted by molar-refractivity contribution is 0.489. The van der Waals surface area contributed by atoms with Crippen LogP contribution in [0.25, 0.3) is 0 Å². The van der Waals surface area contributed by atoms with Crippen molar-refractivity contribution >= 4 is 17.4 Å². The summed E-state index contributed by atoms with van der Waals surface area (Å²) in [7, 11) is 0. The predicted octanol–water partition coefficient (Wildman–Crippen LogP) is 4.40. The highest BCUT2D eigenvalue weighted by molar-refractivity contribution is 6.17. The first-order chi connectivity index (χ1) is 9.15. The van der Waals surface area contributed by atoms with Crippen LogP contribution in [-0.2, 0) is 12.3 Å². The second-order valence-electron chi connectivity index (χ2n) is 5.86. The molecule has 1 aromatic rings. The molecule has 0 saturated carbocycles. The number of pyridine rings is 1. The number of aromatic nitrogens is 1. The molecule has 0 bridgehead atoms. The van der Waals surface area contributed by atoms with Gasteiger partial charge in [-0.2, -0.15) is 0 Å². The maximum absolute atomic E-state index is 6.03. The Hall–Kier alpha value is -0.760. The van der Waals surface area contributed by atoms with Gasteiger partial charge in [0.15, 0.2) is 0 Å². The molecule has 0 aliphatic carbocycles. The van der Waals surface area contributed by atoms with E-state index < -0.39 is 0 Å². The molecular weight excluding hydrogens is 256 g/mol. The summed E-state index contributed by atoms with van der Waals surface area (Å²) < 4.78 is 0. The van der Waals surface area contributed by atoms with Gasteiger partial charge in [0, 0.05) is 24.2 Å². The van der Waals surface area contributed by atoms with Gasteiger partial charge in [0.05, 0.1) is 0 Å². The monoisotopic (exact) mass is 280 g/mol. The number of hydrogen-bond donors (Lipinski definition) is 0. The van der Waals surface area contributed by atoms with Crippen LogP contribution in [0.4, 0.5) is 5.82 Å². The molecule has 106 valence electrons. The third kappa shape index (κ3) is 3.42. The molecule has 2 nitrogen and oxygen atoms in total. The van der Waals surface area contributed by atoms with Crippen LogP contribution in [-0.4, -0.2) is 17.6 Å². The molecule has 1 saturated heterocycles. The van der Waals surface area contributed by atoms with Gasteiger partial charge in [-0.1, -0.05) is 27.2 Å². The summed E-state index contributed by atoms with van der Waals surface area (Å²) in [6.07, 6.45) is 4.73. The van der Waals surface area contributed by atoms with Gasteiger partial charge in [0.25, 0.3) is 0 Å². The summed E-state index contributed by atoms with van der Waals surface area (Å²) in [5.41, 5.74) is 2.38. The lowest BCUT2D eigenvalue weighted by Crippen LogP contribution is -2.34. The summed E-state index contributed by atoms with van der Waals surface area (Å²) in [4.78, 5) is 7.34. The second kappa shape index (κ2) is 6.60. The maximum atomic E-state index is 6.03. The summed E-state index contributed by atoms with van der Waals surface area (Å²) in [6, 6.07) is 4.96. The molecule has 1 aromatic heterocycles. The van der Waals surface area contributed by atoms with Crippen LogP contribution in [0.5, 0.6) is 0 Å². The number of alkyl halides is 1. The van der Waals surface area contributed by atoms with Crippen molar-refractivity contribution in [3.8, 4) is 0 Å². The lowest BCUT2D eigenvalue weighted by atomic mass is 10.0. The maximum Gasteiger partial charge on any atom is 0.129 e. The highest BCUT2D eigenvalue weighted by atomic mass is 35.5. The Morgan fingerprint density at radius 1 is 1.42 bits per heavy atom. The molecule has 2 rings (SSSR count). The van der Waals surface area contributed by atoms with Gasteiger partial charge in [-0.25, -0.2) is 4.98 Å². The normalized spacial score (nSPS) is 19.4. The fourth-order valence-electron chi connectivity index (χ4n) is 3.01. The molecule has 1 aliphatic heterocycles. The van der Waals surface area contributed by atoms with E-state index in [0.717, 1.165) is 25.2 Å². The SMILES string of the molecule is CCCc1cc(CCl)cc(N2CCCC2C(C)C)n1. The van der Waals surface area contributed by atoms with Crippen LogP contribution in [0.3, 0.4) is 0 Å². The highest BCUT2D eigenvalue weighted by Crippen LogP contribution is 2.29. The number of anilines is 1. The first-order valence-electron chi connectivity index (χ1n) is 7.48. The Balaban J connectivity index is 2.29. The summed E-state index contributed by atoms with van der Waals surface area (Å²) in [5, 5.41) is 0. The van der Waals surface area contributed by atoms with Gasteiger partial charge in [0.1, 0.15) is 5.82 Å². The fraction of sp³-hybridized carbons (Fsp3) is 0.688. The van der Waals surface area contributed by atoms with E-state index in [-0.39, 0.29) is 0 Å². The van der Waals surface area contributed by atoms with Crippen molar-refractivity contribution in [2.24, 2.45) is 5.92 Å². The van der Waals surface area contributed by atoms with Gasteiger partial charge >= 0.3 is 0 Å². The van der Waals surface area contributed by atoms with Crippen molar-refractivity contribution in [3.05, 3.63) is 23.4 Å². The average molecular weight is 281 g/mol. The van der Waals surface area contributed by atoms with E-state index >= 15 is 0 Å². The minimum Gasteiger partial charge on any atom is -0.353 e. The topological polar surface area (TPSA) is 16.1 Å². The number of nitrogens with zero attached hydrogens (tertiary/aromatic N) is 2. The zero-order valence-electron chi connectivity index (χ0n) is 12.3. The van der Waals surface area contributed by atoms with Crippen LogP contribution >= 0.6 is 11.6 Å². The number of aryl methyl sites for hydroxylation is 1. The molecule has 1 unspecified atom stereocenters. The summed E-state index contributed by atoms with van der Waals surface area (Å²) in [5.74, 6) is 2.39. The van der Waals surface area contributed by atoms with Gasteiger partial charge in [0.2, 0.25) is 0 Å². The molecule has 3 heteroatoms. The van der Waals surface area contributed by atoms with E-state index in [1.165, 1.54) is 24.1 Å². The molecule has 19 heavy (non-hydrogen) atoms. The fourth-order valence-corrected chi connectivity index (χ4v) is 3.17. The molecule has 0 spiro atoms. The third-order valence-electron chi connectivity index (χ3n) is 3.95. The van der Waals surface area contributed by atoms with Gasteiger partial charge in [-0.15, -0.1) is 11.6 Å². The standard InChI is InChI=1S/C16H25ClN2/c1-4-6-14-9-13(11-17)10-16(18-14)19-8-5-7-15(19)12(2)3/h9-10,12,15H,4-8,11H2,1-3H3. The minimum absolute atomic E-state index is 0.576. The Kier molecular flexibility index (Phi) is 5.09. The summed E-state index contributed by atoms with van der Waals surface area (Å²) in [6.45, 7) is 7.94. The Labute approximate surface area is 122 Å². The lowest BCUT2D eigenvalue weighted by Gasteiger charge is -2.29. The smallest absolute Gasteiger partial charge is 0.129 e. The largest absolute Gasteiger partial charge is 0.353 e. The zero-order valence-corrected chi connectivity index (χ0v) is 13.1. The number of hydrogen-bond acceptors (Lipinski definition) is 2. The van der Waals surface area contributed by atoms with Gasteiger partial charge < -0.3 is 4.90 Å². The predicted molar refractivity (Wildman–Crippen MR) is 83.0 cm³/mol. The van der Waals surface area contributed by atoms with Crippen LogP contribution in [0.15, 0.2) is 12.1 Å². The first-order valence-corrected chi connectivity index (χ1v) is 8.01. The average Bonchev–Trinajstić information content (AvgIpc) is 2.88. The van der Waals surface area contributed by atoms with Crippen molar-refractivity contribution in [1.29, 1.82) is 0 Å². The van der Waals surface area contributed by atoms with Crippen LogP contribution < -0.4 is 4.90 Å². The molecule has 1 atom stereocenters. The van der Waals surface area contributed by atoms with Gasteiger partial charge in [-0.3, -0.25) is 0 Å². The molecular formula is C16H25ClN2. The second-order valence-corrected chi connectivity index (χ2v) is 6.12. The van der Waals surface area contributed by atoms with Crippen molar-refractivity contribution in [2.75, 3.05) is 11.4 Å². The molecule has 0 N–H and O–H groups in total. The van der Waals surface area contributed by atoms with E-state index in [9.17, 15) is 0 Å². The molecule has 1 aliphatic rings. The van der Waals surface area contributed by atoms with Gasteiger partial charge in [-0.05, 0) is 42.9 Å². The van der Waals surface area contributed by atoms with E-state index in [0.29, 0.717) is 17.8 Å². The minimum atomic E-state index is 0.576. The van der Waals surface area contributed by atoms with E-state index in [4.69, 9.17) is 16.6 Å². The van der Waals surface area contributed by atoms with Crippen LogP contribution in [0.1, 0.15) is 51.3 Å². The molecule has 1 fully saturated rings. The van der Waals surface area contributed by atoms with Crippen LogP contribution in [0, 0.1) is 5.92 Å². The third-order valence-corrected chi connectivity index (χ3v) is 4.26. The molecule has 0 aromatic carbocycles. The Morgan fingerprint density at radius 2 is 2.21 bits per heavy atom. The molecule has 2 heterocycles. The summed E-state index contributed by atoms with van der Waals surface area (Å²) >= 11 is 6.03. The molecule has 0 radical (unpaired) electrons. The van der Waals surface area contributed by atoms with Crippen molar-refractivity contribution in [3.63, 3.8) is 0 Å². The van der Waals surface area contributed by atoms with Crippen molar-refractivity contribution in [1.82, 2.24) is 4.98 Å². The van der Waals surface area contributed by atoms with E-state index in [1.807, 2.05) is 0 Å². The quantitative estimate of drug-likeness (QED) is 0.743. The van der Waals surface area contributed by atoms with Crippen molar-refractivity contribution in [2.45, 2.75) is 58.4 Å². The Bertz CT molecular complexity index is 417.